The van der Waals surface area contributed by atoms with E-state index in [1.54, 1.807) is 16.9 Å². The number of amides is 1. The maximum Gasteiger partial charge on any atom is 0.256 e. The van der Waals surface area contributed by atoms with Gasteiger partial charge in [-0.15, -0.1) is 0 Å². The molecule has 0 unspecified atom stereocenters. The van der Waals surface area contributed by atoms with E-state index in [0.717, 1.165) is 16.8 Å². The van der Waals surface area contributed by atoms with Crippen LogP contribution in [0.5, 0.6) is 0 Å². The highest BCUT2D eigenvalue weighted by molar-refractivity contribution is 5.97. The van der Waals surface area contributed by atoms with Crippen molar-refractivity contribution in [3.63, 3.8) is 0 Å². The number of fused-ring (bicyclic) bond motifs is 1. The molecule has 2 aromatic heterocycles. The fourth-order valence-corrected chi connectivity index (χ4v) is 2.62. The molecule has 6 heteroatoms. The van der Waals surface area contributed by atoms with Crippen molar-refractivity contribution in [3.05, 3.63) is 63.7 Å². The molecule has 0 aliphatic rings. The number of H-pyrrole nitrogens is 1. The summed E-state index contributed by atoms with van der Waals surface area (Å²) in [6, 6.07) is 7.37. The number of carbonyl (C=O) groups is 1. The van der Waals surface area contributed by atoms with E-state index in [0.29, 0.717) is 18.4 Å². The normalized spacial score (nSPS) is 10.9. The van der Waals surface area contributed by atoms with Gasteiger partial charge in [-0.2, -0.15) is 5.10 Å². The van der Waals surface area contributed by atoms with E-state index in [-0.39, 0.29) is 16.9 Å². The number of carbonyl (C=O) groups excluding carboxylic acids is 1. The highest BCUT2D eigenvalue weighted by Crippen LogP contribution is 2.12. The maximum atomic E-state index is 12.5. The lowest BCUT2D eigenvalue weighted by atomic mass is 10.1. The number of nitrogens with one attached hydrogen (secondary N) is 2. The largest absolute Gasteiger partial charge is 0.360 e. The predicted octanol–water partition coefficient (Wildman–Crippen LogP) is 1.54. The number of pyridine rings is 1. The molecular weight excluding hydrogens is 292 g/mol. The Morgan fingerprint density at radius 3 is 2.91 bits per heavy atom. The molecule has 3 aromatic rings. The number of benzene rings is 1. The maximum absolute atomic E-state index is 12.5. The molecule has 23 heavy (non-hydrogen) atoms. The van der Waals surface area contributed by atoms with Crippen LogP contribution < -0.4 is 10.7 Å². The summed E-state index contributed by atoms with van der Waals surface area (Å²) in [5, 5.41) is 7.39. The average Bonchev–Trinajstić information content (AvgIpc) is 2.94. The van der Waals surface area contributed by atoms with Gasteiger partial charge in [0.05, 0.1) is 5.52 Å². The topological polar surface area (TPSA) is 79.8 Å². The molecule has 0 fully saturated rings. The number of aromatic nitrogens is 3. The molecular formula is C17H18N4O2. The summed E-state index contributed by atoms with van der Waals surface area (Å²) in [6.07, 6.45) is 3.86. The number of hydrogen-bond donors (Lipinski definition) is 2. The SMILES string of the molecule is Cc1cccc2c(=O)c(C(=O)NCCc3ccnn3C)c[nH]c12. The molecule has 0 aliphatic carbocycles. The molecule has 0 radical (unpaired) electrons. The Hall–Kier alpha value is -2.89. The lowest BCUT2D eigenvalue weighted by molar-refractivity contribution is 0.0952. The van der Waals surface area contributed by atoms with Gasteiger partial charge in [-0.05, 0) is 24.6 Å². The van der Waals surface area contributed by atoms with Crippen molar-refractivity contribution in [2.45, 2.75) is 13.3 Å². The van der Waals surface area contributed by atoms with Gasteiger partial charge in [-0.1, -0.05) is 12.1 Å². The van der Waals surface area contributed by atoms with E-state index >= 15 is 0 Å². The average molecular weight is 310 g/mol. The zero-order valence-electron chi connectivity index (χ0n) is 13.1. The smallest absolute Gasteiger partial charge is 0.256 e. The number of aryl methyl sites for hydroxylation is 2. The predicted molar refractivity (Wildman–Crippen MR) is 88.6 cm³/mol. The minimum absolute atomic E-state index is 0.133. The zero-order chi connectivity index (χ0) is 16.4. The molecule has 2 N–H and O–H groups in total. The molecule has 1 aromatic carbocycles. The van der Waals surface area contributed by atoms with Crippen molar-refractivity contribution in [1.82, 2.24) is 20.1 Å². The van der Waals surface area contributed by atoms with E-state index < -0.39 is 0 Å². The van der Waals surface area contributed by atoms with Gasteiger partial charge in [0.2, 0.25) is 5.43 Å². The summed E-state index contributed by atoms with van der Waals surface area (Å²) in [7, 11) is 1.85. The Balaban J connectivity index is 1.77. The van der Waals surface area contributed by atoms with Crippen LogP contribution in [0, 0.1) is 6.92 Å². The van der Waals surface area contributed by atoms with Crippen LogP contribution in [-0.2, 0) is 13.5 Å². The van der Waals surface area contributed by atoms with Crippen LogP contribution in [0.25, 0.3) is 10.9 Å². The van der Waals surface area contributed by atoms with Gasteiger partial charge in [0.1, 0.15) is 5.56 Å². The van der Waals surface area contributed by atoms with E-state index in [4.69, 9.17) is 0 Å². The van der Waals surface area contributed by atoms with Gasteiger partial charge in [0.25, 0.3) is 5.91 Å². The summed E-state index contributed by atoms with van der Waals surface area (Å²) in [5.74, 6) is -0.364. The molecule has 1 amide bonds. The fraction of sp³-hybridized carbons (Fsp3) is 0.235. The third-order valence-corrected chi connectivity index (χ3v) is 3.96. The molecule has 0 saturated carbocycles. The van der Waals surface area contributed by atoms with Crippen molar-refractivity contribution in [1.29, 1.82) is 0 Å². The number of nitrogens with zero attached hydrogens (tertiary/aromatic N) is 2. The summed E-state index contributed by atoms with van der Waals surface area (Å²) < 4.78 is 1.76. The summed E-state index contributed by atoms with van der Waals surface area (Å²) >= 11 is 0. The second kappa shape index (κ2) is 6.08. The number of hydrogen-bond acceptors (Lipinski definition) is 3. The van der Waals surface area contributed by atoms with Crippen molar-refractivity contribution in [3.8, 4) is 0 Å². The van der Waals surface area contributed by atoms with Gasteiger partial charge in [0.15, 0.2) is 0 Å². The minimum atomic E-state index is -0.364. The second-order valence-electron chi connectivity index (χ2n) is 5.48. The lowest BCUT2D eigenvalue weighted by Crippen LogP contribution is -2.30. The Labute approximate surface area is 133 Å². The van der Waals surface area contributed by atoms with Crippen LogP contribution in [-0.4, -0.2) is 27.2 Å². The van der Waals surface area contributed by atoms with Crippen LogP contribution in [0.4, 0.5) is 0 Å². The number of aromatic amines is 1. The number of rotatable bonds is 4. The molecule has 0 spiro atoms. The van der Waals surface area contributed by atoms with Crippen LogP contribution in [0.15, 0.2) is 41.5 Å². The van der Waals surface area contributed by atoms with E-state index in [9.17, 15) is 9.59 Å². The lowest BCUT2D eigenvalue weighted by Gasteiger charge is -2.07. The Bertz CT molecular complexity index is 924. The van der Waals surface area contributed by atoms with Crippen molar-refractivity contribution in [2.24, 2.45) is 7.05 Å². The van der Waals surface area contributed by atoms with Crippen LogP contribution in [0.3, 0.4) is 0 Å². The van der Waals surface area contributed by atoms with Crippen LogP contribution in [0.1, 0.15) is 21.6 Å². The number of para-hydroxylation sites is 1. The zero-order valence-corrected chi connectivity index (χ0v) is 13.1. The molecule has 0 atom stereocenters. The van der Waals surface area contributed by atoms with Crippen molar-refractivity contribution in [2.75, 3.05) is 6.54 Å². The molecule has 3 rings (SSSR count). The highest BCUT2D eigenvalue weighted by atomic mass is 16.2. The summed E-state index contributed by atoms with van der Waals surface area (Å²) in [5.41, 5.74) is 2.65. The van der Waals surface area contributed by atoms with Gasteiger partial charge in [-0.3, -0.25) is 14.3 Å². The first-order valence-corrected chi connectivity index (χ1v) is 7.44. The van der Waals surface area contributed by atoms with E-state index in [1.165, 1.54) is 6.20 Å². The van der Waals surface area contributed by atoms with E-state index in [2.05, 4.69) is 15.4 Å². The highest BCUT2D eigenvalue weighted by Gasteiger charge is 2.13. The molecule has 2 heterocycles. The summed E-state index contributed by atoms with van der Waals surface area (Å²) in [6.45, 7) is 2.37. The molecule has 0 bridgehead atoms. The fourth-order valence-electron chi connectivity index (χ4n) is 2.62. The second-order valence-corrected chi connectivity index (χ2v) is 5.48. The standard InChI is InChI=1S/C17H18N4O2/c1-11-4-3-5-13-15(11)19-10-14(16(13)22)17(23)18-8-6-12-7-9-20-21(12)2/h3-5,7,9-10H,6,8H2,1-2H3,(H,18,23)(H,19,22). The first kappa shape index (κ1) is 15.0. The van der Waals surface area contributed by atoms with Crippen molar-refractivity contribution < 1.29 is 4.79 Å². The Kier molecular flexibility index (Phi) is 3.97. The van der Waals surface area contributed by atoms with Gasteiger partial charge in [0, 0.05) is 43.5 Å². The first-order valence-electron chi connectivity index (χ1n) is 7.44. The van der Waals surface area contributed by atoms with Gasteiger partial charge >= 0.3 is 0 Å². The quantitative estimate of drug-likeness (QED) is 0.767. The van der Waals surface area contributed by atoms with E-state index in [1.807, 2.05) is 32.2 Å². The molecule has 6 nitrogen and oxygen atoms in total. The van der Waals surface area contributed by atoms with Gasteiger partial charge in [-0.25, -0.2) is 0 Å². The third kappa shape index (κ3) is 2.88. The minimum Gasteiger partial charge on any atom is -0.360 e. The summed E-state index contributed by atoms with van der Waals surface area (Å²) in [4.78, 5) is 27.8. The molecule has 0 aliphatic heterocycles. The van der Waals surface area contributed by atoms with Gasteiger partial charge < -0.3 is 10.3 Å². The van der Waals surface area contributed by atoms with Crippen LogP contribution >= 0.6 is 0 Å². The van der Waals surface area contributed by atoms with Crippen molar-refractivity contribution >= 4 is 16.8 Å². The monoisotopic (exact) mass is 310 g/mol. The molecule has 118 valence electrons. The Morgan fingerprint density at radius 1 is 1.35 bits per heavy atom. The first-order chi connectivity index (χ1) is 11.1. The van der Waals surface area contributed by atoms with Crippen LogP contribution in [0.2, 0.25) is 0 Å². The molecule has 0 saturated heterocycles. The third-order valence-electron chi connectivity index (χ3n) is 3.96. The Morgan fingerprint density at radius 2 is 2.17 bits per heavy atom.